The first-order chi connectivity index (χ1) is 18.7. The van der Waals surface area contributed by atoms with Crippen LogP contribution in [0.15, 0.2) is 12.2 Å². The topological polar surface area (TPSA) is 35.6 Å². The molecule has 0 atom stereocenters. The van der Waals surface area contributed by atoms with Gasteiger partial charge in [0.1, 0.15) is 0 Å². The predicted octanol–water partition coefficient (Wildman–Crippen LogP) is 10.6. The zero-order chi connectivity index (χ0) is 30.0. The second-order valence-electron chi connectivity index (χ2n) is 12.0. The van der Waals surface area contributed by atoms with Crippen LogP contribution >= 0.6 is 24.0 Å². The molecule has 0 aromatic rings. The molecule has 0 aliphatic rings. The Bertz CT molecular complexity index is 455. The molecule has 0 aliphatic heterocycles. The standard InChI is InChI=1S/2C14H31N.C7H13NO.HI/c2*1-4-5-6-7-8-9-10-11-12-13-14-15(2)3;1-4-5-8-7(9)6(2)3;/h2*4-14H2,1-3H3;2,4-5H2,1,3H3,(H,8,9);1H. The molecular weight excluding hydrogens is 605 g/mol. The number of rotatable bonds is 25. The van der Waals surface area contributed by atoms with Crippen molar-refractivity contribution in [3.63, 3.8) is 0 Å². The second-order valence-corrected chi connectivity index (χ2v) is 12.0. The lowest BCUT2D eigenvalue weighted by Crippen LogP contribution is -2.24. The van der Waals surface area contributed by atoms with Crippen molar-refractivity contribution in [3.8, 4) is 0 Å². The lowest BCUT2D eigenvalue weighted by Gasteiger charge is -2.08. The van der Waals surface area contributed by atoms with Gasteiger partial charge in [0.2, 0.25) is 5.91 Å². The van der Waals surface area contributed by atoms with E-state index >= 15 is 0 Å². The number of carbonyl (C=O) groups is 1. The van der Waals surface area contributed by atoms with Gasteiger partial charge in [-0.15, -0.1) is 24.0 Å². The molecule has 4 nitrogen and oxygen atoms in total. The van der Waals surface area contributed by atoms with Crippen LogP contribution in [0.1, 0.15) is 163 Å². The number of nitrogens with zero attached hydrogens (tertiary/aromatic N) is 2. The Hall–Kier alpha value is -0.140. The van der Waals surface area contributed by atoms with Gasteiger partial charge in [-0.3, -0.25) is 4.79 Å². The summed E-state index contributed by atoms with van der Waals surface area (Å²) in [6, 6.07) is 0. The van der Waals surface area contributed by atoms with Gasteiger partial charge in [-0.1, -0.05) is 143 Å². The molecule has 0 spiro atoms. The lowest BCUT2D eigenvalue weighted by molar-refractivity contribution is -0.117. The zero-order valence-electron chi connectivity index (χ0n) is 28.9. The number of hydrogen-bond donors (Lipinski definition) is 1. The van der Waals surface area contributed by atoms with Gasteiger partial charge >= 0.3 is 0 Å². The summed E-state index contributed by atoms with van der Waals surface area (Å²) in [4.78, 5) is 15.3. The van der Waals surface area contributed by atoms with Crippen molar-refractivity contribution >= 4 is 29.9 Å². The highest BCUT2D eigenvalue weighted by molar-refractivity contribution is 14.0. The Labute approximate surface area is 271 Å². The molecule has 0 rings (SSSR count). The smallest absolute Gasteiger partial charge is 0.246 e. The average Bonchev–Trinajstić information content (AvgIpc) is 2.89. The molecule has 0 aliphatic carbocycles. The fraction of sp³-hybridized carbons (Fsp3) is 0.914. The van der Waals surface area contributed by atoms with E-state index in [1.165, 1.54) is 142 Å². The monoisotopic (exact) mass is 682 g/mol. The summed E-state index contributed by atoms with van der Waals surface area (Å²) in [6.07, 6.45) is 29.7. The zero-order valence-corrected chi connectivity index (χ0v) is 31.2. The summed E-state index contributed by atoms with van der Waals surface area (Å²) in [7, 11) is 8.64. The van der Waals surface area contributed by atoms with E-state index in [4.69, 9.17) is 0 Å². The fourth-order valence-corrected chi connectivity index (χ4v) is 4.22. The third-order valence-corrected chi connectivity index (χ3v) is 6.84. The molecule has 40 heavy (non-hydrogen) atoms. The van der Waals surface area contributed by atoms with E-state index in [1.807, 2.05) is 6.92 Å². The highest BCUT2D eigenvalue weighted by Crippen LogP contribution is 2.11. The van der Waals surface area contributed by atoms with E-state index in [1.54, 1.807) is 6.92 Å². The van der Waals surface area contributed by atoms with E-state index < -0.39 is 0 Å². The Morgan fingerprint density at radius 2 is 0.800 bits per heavy atom. The van der Waals surface area contributed by atoms with E-state index in [0.29, 0.717) is 5.57 Å². The summed E-state index contributed by atoms with van der Waals surface area (Å²) in [5.74, 6) is -0.0446. The highest BCUT2D eigenvalue weighted by atomic mass is 127. The van der Waals surface area contributed by atoms with Crippen molar-refractivity contribution in [2.45, 2.75) is 163 Å². The Morgan fingerprint density at radius 1 is 0.525 bits per heavy atom. The molecule has 0 aromatic heterocycles. The van der Waals surface area contributed by atoms with Crippen LogP contribution in [0.25, 0.3) is 0 Å². The molecule has 0 bridgehead atoms. The normalized spacial score (nSPS) is 10.3. The number of carbonyl (C=O) groups excluding carboxylic acids is 1. The van der Waals surface area contributed by atoms with Gasteiger partial charge in [0, 0.05) is 12.1 Å². The molecule has 1 amide bonds. The van der Waals surface area contributed by atoms with Crippen LogP contribution in [-0.2, 0) is 4.79 Å². The highest BCUT2D eigenvalue weighted by Gasteiger charge is 1.97. The summed E-state index contributed by atoms with van der Waals surface area (Å²) >= 11 is 0. The Morgan fingerprint density at radius 3 is 1.02 bits per heavy atom. The number of halogens is 1. The SMILES string of the molecule is C=C(C)C(=O)NCCC.CCCCCCCCCCCCN(C)C.CCCCCCCCCCCCN(C)C.I. The molecule has 0 unspecified atom stereocenters. The Balaban J connectivity index is -0.000000248. The molecule has 244 valence electrons. The molecule has 0 saturated carbocycles. The molecule has 0 aromatic carbocycles. The van der Waals surface area contributed by atoms with Crippen molar-refractivity contribution in [2.24, 2.45) is 0 Å². The quantitative estimate of drug-likeness (QED) is 0.0592. The van der Waals surface area contributed by atoms with Gasteiger partial charge < -0.3 is 15.1 Å². The number of hydrogen-bond acceptors (Lipinski definition) is 3. The van der Waals surface area contributed by atoms with Gasteiger partial charge in [-0.05, 0) is 67.5 Å². The molecule has 0 radical (unpaired) electrons. The molecule has 0 heterocycles. The first-order valence-electron chi connectivity index (χ1n) is 17.0. The van der Waals surface area contributed by atoms with Crippen LogP contribution in [0, 0.1) is 0 Å². The maximum absolute atomic E-state index is 10.7. The van der Waals surface area contributed by atoms with Crippen molar-refractivity contribution in [1.29, 1.82) is 0 Å². The van der Waals surface area contributed by atoms with Crippen molar-refractivity contribution in [2.75, 3.05) is 47.8 Å². The third-order valence-electron chi connectivity index (χ3n) is 6.84. The van der Waals surface area contributed by atoms with E-state index in [2.05, 4.69) is 63.7 Å². The van der Waals surface area contributed by atoms with Gasteiger partial charge in [0.25, 0.3) is 0 Å². The van der Waals surface area contributed by atoms with Crippen LogP contribution < -0.4 is 5.32 Å². The van der Waals surface area contributed by atoms with Gasteiger partial charge in [0.05, 0.1) is 0 Å². The maximum Gasteiger partial charge on any atom is 0.246 e. The van der Waals surface area contributed by atoms with Crippen molar-refractivity contribution in [3.05, 3.63) is 12.2 Å². The summed E-state index contributed by atoms with van der Waals surface area (Å²) in [6.45, 7) is 15.0. The minimum absolute atomic E-state index is 0. The molecule has 0 saturated heterocycles. The summed E-state index contributed by atoms with van der Waals surface area (Å²) in [5.41, 5.74) is 0.573. The first kappa shape index (κ1) is 46.8. The molecular formula is C35H76IN3O. The van der Waals surface area contributed by atoms with Gasteiger partial charge in [-0.2, -0.15) is 0 Å². The van der Waals surface area contributed by atoms with Gasteiger partial charge in [0.15, 0.2) is 0 Å². The Kier molecular flexibility index (Phi) is 48.0. The van der Waals surface area contributed by atoms with E-state index in [-0.39, 0.29) is 29.9 Å². The number of nitrogens with one attached hydrogen (secondary N) is 1. The average molecular weight is 682 g/mol. The summed E-state index contributed by atoms with van der Waals surface area (Å²) < 4.78 is 0. The van der Waals surface area contributed by atoms with Crippen LogP contribution in [0.4, 0.5) is 0 Å². The van der Waals surface area contributed by atoms with Crippen LogP contribution in [0.2, 0.25) is 0 Å². The number of unbranched alkanes of at least 4 members (excludes halogenated alkanes) is 18. The van der Waals surface area contributed by atoms with Crippen molar-refractivity contribution < 1.29 is 4.79 Å². The van der Waals surface area contributed by atoms with Crippen molar-refractivity contribution in [1.82, 2.24) is 15.1 Å². The summed E-state index contributed by atoms with van der Waals surface area (Å²) in [5, 5.41) is 2.69. The maximum atomic E-state index is 10.7. The van der Waals surface area contributed by atoms with Crippen LogP contribution in [0.3, 0.4) is 0 Å². The largest absolute Gasteiger partial charge is 0.352 e. The molecule has 5 heteroatoms. The second kappa shape index (κ2) is 41.0. The molecule has 0 fully saturated rings. The third kappa shape index (κ3) is 50.7. The fourth-order valence-electron chi connectivity index (χ4n) is 4.22. The first-order valence-corrected chi connectivity index (χ1v) is 17.0. The molecule has 1 N–H and O–H groups in total. The van der Waals surface area contributed by atoms with Crippen LogP contribution in [0.5, 0.6) is 0 Å². The minimum atomic E-state index is -0.0446. The van der Waals surface area contributed by atoms with Gasteiger partial charge in [-0.25, -0.2) is 0 Å². The van der Waals surface area contributed by atoms with Crippen LogP contribution in [-0.4, -0.2) is 63.5 Å². The lowest BCUT2D eigenvalue weighted by atomic mass is 10.1. The van der Waals surface area contributed by atoms with E-state index in [0.717, 1.165) is 13.0 Å². The van der Waals surface area contributed by atoms with E-state index in [9.17, 15) is 4.79 Å². The minimum Gasteiger partial charge on any atom is -0.352 e. The number of amides is 1. The predicted molar refractivity (Wildman–Crippen MR) is 194 cm³/mol.